The summed E-state index contributed by atoms with van der Waals surface area (Å²) >= 11 is 1.70. The average Bonchev–Trinajstić information content (AvgIpc) is 2.55. The second-order valence-corrected chi connectivity index (χ2v) is 3.51. The van der Waals surface area contributed by atoms with E-state index < -0.39 is 0 Å². The zero-order valence-electron chi connectivity index (χ0n) is 7.00. The molecule has 0 atom stereocenters. The van der Waals surface area contributed by atoms with E-state index in [9.17, 15) is 0 Å². The fourth-order valence-corrected chi connectivity index (χ4v) is 1.85. The first-order valence-electron chi connectivity index (χ1n) is 3.79. The molecule has 0 spiro atoms. The van der Waals surface area contributed by atoms with Gasteiger partial charge in [-0.05, 0) is 18.6 Å². The van der Waals surface area contributed by atoms with Crippen molar-refractivity contribution in [3.05, 3.63) is 28.1 Å². The van der Waals surface area contributed by atoms with E-state index in [1.54, 1.807) is 11.3 Å². The molecular weight excluding hydrogens is 170 g/mol. The lowest BCUT2D eigenvalue weighted by Crippen LogP contribution is -2.20. The zero-order chi connectivity index (χ0) is 8.97. The Balaban J connectivity index is 2.87. The Kier molecular flexibility index (Phi) is 3.13. The Morgan fingerprint density at radius 3 is 2.83 bits per heavy atom. The largest absolute Gasteiger partial charge is 0.403 e. The van der Waals surface area contributed by atoms with Crippen molar-refractivity contribution < 1.29 is 0 Å². The average molecular weight is 183 g/mol. The molecule has 0 aromatic carbocycles. The first kappa shape index (κ1) is 9.09. The van der Waals surface area contributed by atoms with Crippen molar-refractivity contribution in [3.8, 4) is 0 Å². The van der Waals surface area contributed by atoms with Crippen LogP contribution in [-0.2, 0) is 6.42 Å². The highest BCUT2D eigenvalue weighted by atomic mass is 32.1. The predicted molar refractivity (Wildman–Crippen MR) is 53.2 cm³/mol. The maximum absolute atomic E-state index is 5.37. The van der Waals surface area contributed by atoms with Gasteiger partial charge in [-0.2, -0.15) is 0 Å². The van der Waals surface area contributed by atoms with Crippen LogP contribution in [0.3, 0.4) is 0 Å². The van der Waals surface area contributed by atoms with E-state index in [1.165, 1.54) is 11.1 Å². The first-order valence-corrected chi connectivity index (χ1v) is 4.61. The summed E-state index contributed by atoms with van der Waals surface area (Å²) in [6.07, 6.45) is 2.53. The first-order chi connectivity index (χ1) is 5.81. The third-order valence-electron chi connectivity index (χ3n) is 1.60. The molecule has 1 aromatic rings. The molecule has 0 aliphatic carbocycles. The molecule has 0 unspecified atom stereocenters. The smallest absolute Gasteiger partial charge is 0.0814 e. The predicted octanol–water partition coefficient (Wildman–Crippen LogP) is 1.03. The van der Waals surface area contributed by atoms with Crippen LogP contribution in [0.1, 0.15) is 16.7 Å². The van der Waals surface area contributed by atoms with Gasteiger partial charge in [-0.15, -0.1) is 11.3 Å². The van der Waals surface area contributed by atoms with Gasteiger partial charge < -0.3 is 11.2 Å². The van der Waals surface area contributed by atoms with Crippen LogP contribution >= 0.6 is 11.3 Å². The monoisotopic (exact) mass is 183 g/mol. The van der Waals surface area contributed by atoms with Crippen LogP contribution in [0.5, 0.6) is 0 Å². The Morgan fingerprint density at radius 2 is 2.42 bits per heavy atom. The van der Waals surface area contributed by atoms with Crippen molar-refractivity contribution in [2.24, 2.45) is 11.6 Å². The second kappa shape index (κ2) is 4.13. The maximum Gasteiger partial charge on any atom is 0.0814 e. The molecule has 4 heteroatoms. The number of aryl methyl sites for hydroxylation is 1. The van der Waals surface area contributed by atoms with Gasteiger partial charge in [0.1, 0.15) is 0 Å². The highest BCUT2D eigenvalue weighted by Crippen LogP contribution is 2.21. The highest BCUT2D eigenvalue weighted by Gasteiger charge is 2.01. The quantitative estimate of drug-likeness (QED) is 0.484. The van der Waals surface area contributed by atoms with Crippen LogP contribution in [0.2, 0.25) is 0 Å². The standard InChI is InChI=1S/C8H13N3S/c1-2-6-3-4-8(12-6)7(5-9)11-10/h3-5,11H,2,9-10H2,1H3/b7-5-. The number of nitrogens with two attached hydrogens (primary N) is 2. The number of hydrogen-bond acceptors (Lipinski definition) is 4. The summed E-state index contributed by atoms with van der Waals surface area (Å²) in [6, 6.07) is 4.10. The SMILES string of the molecule is CCc1ccc(/C(=C/N)NN)s1. The molecule has 3 nitrogen and oxygen atoms in total. The van der Waals surface area contributed by atoms with Gasteiger partial charge in [0.25, 0.3) is 0 Å². The number of hydrogen-bond donors (Lipinski definition) is 3. The summed E-state index contributed by atoms with van der Waals surface area (Å²) in [5.74, 6) is 5.27. The Labute approximate surface area is 76.0 Å². The van der Waals surface area contributed by atoms with E-state index in [0.29, 0.717) is 0 Å². The topological polar surface area (TPSA) is 64.1 Å². The summed E-state index contributed by atoms with van der Waals surface area (Å²) in [7, 11) is 0. The Hall–Kier alpha value is -1.00. The maximum atomic E-state index is 5.37. The van der Waals surface area contributed by atoms with Gasteiger partial charge in [0.15, 0.2) is 0 Å². The Morgan fingerprint density at radius 1 is 1.67 bits per heavy atom. The lowest BCUT2D eigenvalue weighted by atomic mass is 10.3. The third kappa shape index (κ3) is 1.78. The molecule has 1 aromatic heterocycles. The van der Waals surface area contributed by atoms with E-state index in [4.69, 9.17) is 11.6 Å². The summed E-state index contributed by atoms with van der Waals surface area (Å²) in [6.45, 7) is 2.12. The second-order valence-electron chi connectivity index (χ2n) is 2.34. The van der Waals surface area contributed by atoms with Gasteiger partial charge in [-0.25, -0.2) is 0 Å². The minimum Gasteiger partial charge on any atom is -0.403 e. The zero-order valence-corrected chi connectivity index (χ0v) is 7.82. The van der Waals surface area contributed by atoms with Gasteiger partial charge in [0, 0.05) is 11.1 Å². The molecule has 0 aliphatic rings. The van der Waals surface area contributed by atoms with Crippen molar-refractivity contribution in [2.45, 2.75) is 13.3 Å². The van der Waals surface area contributed by atoms with Crippen LogP contribution in [0.15, 0.2) is 18.3 Å². The van der Waals surface area contributed by atoms with Crippen molar-refractivity contribution in [3.63, 3.8) is 0 Å². The van der Waals surface area contributed by atoms with Gasteiger partial charge in [-0.1, -0.05) is 6.92 Å². The fraction of sp³-hybridized carbons (Fsp3) is 0.250. The van der Waals surface area contributed by atoms with Crippen molar-refractivity contribution in [1.29, 1.82) is 0 Å². The summed E-state index contributed by atoms with van der Waals surface area (Å²) in [5.41, 5.74) is 8.70. The number of rotatable bonds is 3. The van der Waals surface area contributed by atoms with E-state index in [-0.39, 0.29) is 0 Å². The minimum absolute atomic E-state index is 0.778. The summed E-state index contributed by atoms with van der Waals surface area (Å²) in [4.78, 5) is 2.41. The van der Waals surface area contributed by atoms with Crippen molar-refractivity contribution in [2.75, 3.05) is 0 Å². The van der Waals surface area contributed by atoms with Crippen molar-refractivity contribution in [1.82, 2.24) is 5.43 Å². The Bertz CT molecular complexity index is 278. The molecule has 0 aliphatic heterocycles. The fourth-order valence-electron chi connectivity index (χ4n) is 0.914. The molecule has 5 N–H and O–H groups in total. The van der Waals surface area contributed by atoms with Gasteiger partial charge in [0.2, 0.25) is 0 Å². The lowest BCUT2D eigenvalue weighted by Gasteiger charge is -2.00. The van der Waals surface area contributed by atoms with E-state index in [0.717, 1.165) is 17.0 Å². The molecule has 1 heterocycles. The molecule has 0 saturated carbocycles. The van der Waals surface area contributed by atoms with Crippen LogP contribution in [0.4, 0.5) is 0 Å². The van der Waals surface area contributed by atoms with Crippen LogP contribution < -0.4 is 17.0 Å². The molecule has 0 amide bonds. The van der Waals surface area contributed by atoms with Gasteiger partial charge in [-0.3, -0.25) is 5.84 Å². The molecule has 0 saturated heterocycles. The van der Waals surface area contributed by atoms with E-state index in [1.807, 2.05) is 6.07 Å². The summed E-state index contributed by atoms with van der Waals surface area (Å²) in [5, 5.41) is 0. The molecule has 0 bridgehead atoms. The summed E-state index contributed by atoms with van der Waals surface area (Å²) < 4.78 is 0. The molecule has 1 rings (SSSR count). The molecule has 66 valence electrons. The lowest BCUT2D eigenvalue weighted by molar-refractivity contribution is 0.993. The third-order valence-corrected chi connectivity index (χ3v) is 2.86. The normalized spacial score (nSPS) is 11.7. The van der Waals surface area contributed by atoms with Crippen molar-refractivity contribution >= 4 is 17.0 Å². The van der Waals surface area contributed by atoms with Crippen LogP contribution in [0.25, 0.3) is 5.70 Å². The number of thiophene rings is 1. The van der Waals surface area contributed by atoms with Gasteiger partial charge >= 0.3 is 0 Å². The molecule has 0 fully saturated rings. The molecule has 12 heavy (non-hydrogen) atoms. The number of hydrazine groups is 1. The highest BCUT2D eigenvalue weighted by molar-refractivity contribution is 7.13. The van der Waals surface area contributed by atoms with Gasteiger partial charge in [0.05, 0.1) is 10.6 Å². The molecular formula is C8H13N3S. The van der Waals surface area contributed by atoms with Crippen LogP contribution in [0, 0.1) is 0 Å². The van der Waals surface area contributed by atoms with E-state index in [2.05, 4.69) is 18.4 Å². The number of nitrogens with one attached hydrogen (secondary N) is 1. The van der Waals surface area contributed by atoms with Crippen LogP contribution in [-0.4, -0.2) is 0 Å². The molecule has 0 radical (unpaired) electrons. The van der Waals surface area contributed by atoms with E-state index >= 15 is 0 Å². The minimum atomic E-state index is 0.778.